The molecule has 11 heteroatoms. The number of primary amides is 1. The number of Topliss-reactive ketones (excluding diaryl/α,β-unsaturated/α-hetero) is 5. The van der Waals surface area contributed by atoms with Crippen LogP contribution in [0.3, 0.4) is 0 Å². The summed E-state index contributed by atoms with van der Waals surface area (Å²) < 4.78 is 0. The molecule has 2 aromatic rings. The van der Waals surface area contributed by atoms with Crippen molar-refractivity contribution >= 4 is 46.5 Å². The molecule has 0 heterocycles. The topological polar surface area (TPSA) is 192 Å². The fourth-order valence-corrected chi connectivity index (χ4v) is 6.70. The zero-order valence-electron chi connectivity index (χ0n) is 22.4. The third kappa shape index (κ3) is 3.91. The minimum Gasteiger partial charge on any atom is -0.507 e. The summed E-state index contributed by atoms with van der Waals surface area (Å²) >= 11 is 0. The van der Waals surface area contributed by atoms with Gasteiger partial charge in [0, 0.05) is 11.5 Å². The van der Waals surface area contributed by atoms with Gasteiger partial charge in [0.25, 0.3) is 0 Å². The van der Waals surface area contributed by atoms with Crippen molar-refractivity contribution in [1.29, 1.82) is 0 Å². The maximum absolute atomic E-state index is 14.1. The van der Waals surface area contributed by atoms with Crippen LogP contribution in [-0.4, -0.2) is 86.9 Å². The van der Waals surface area contributed by atoms with E-state index in [1.165, 1.54) is 44.1 Å². The zero-order chi connectivity index (χ0) is 30.1. The van der Waals surface area contributed by atoms with Crippen molar-refractivity contribution in [2.45, 2.75) is 24.7 Å². The number of aliphatic hydroxyl groups excluding tert-OH is 1. The van der Waals surface area contributed by atoms with Crippen molar-refractivity contribution in [3.8, 4) is 5.75 Å². The number of phenols is 1. The summed E-state index contributed by atoms with van der Waals surface area (Å²) in [6.45, 7) is 1.39. The second-order valence-electron chi connectivity index (χ2n) is 11.0. The number of carbonyl (C=O) groups is 6. The fraction of sp³-hybridized carbons (Fsp3) is 0.333. The molecule has 2 aromatic carbocycles. The number of nitrogens with zero attached hydrogens (tertiary/aromatic N) is 1. The van der Waals surface area contributed by atoms with E-state index in [9.17, 15) is 44.1 Å². The Balaban J connectivity index is 1.80. The molecule has 0 aromatic heterocycles. The molecule has 11 nitrogen and oxygen atoms in total. The Kier molecular flexibility index (Phi) is 6.64. The molecule has 3 aliphatic rings. The molecular weight excluding hydrogens is 532 g/mol. The molecule has 5 rings (SSSR count). The lowest BCUT2D eigenvalue weighted by molar-refractivity contribution is -0.192. The minimum atomic E-state index is -3.10. The molecule has 3 aliphatic carbocycles. The van der Waals surface area contributed by atoms with Crippen LogP contribution in [0.4, 0.5) is 0 Å². The first-order valence-corrected chi connectivity index (χ1v) is 12.9. The SMILES string of the molecule is CC(=O)c1cccc(/C=C2\c3cccc(O)c3C(=O)C3C(=O)C4(O)C(=O)C(C(N)=O)C(=O)C(N(C)C)C4C(O)C23)c1. The molecule has 7 unspecified atom stereocenters. The summed E-state index contributed by atoms with van der Waals surface area (Å²) in [6.07, 6.45) is -0.266. The normalized spacial score (nSPS) is 32.0. The summed E-state index contributed by atoms with van der Waals surface area (Å²) in [5.74, 6) is -13.9. The Morgan fingerprint density at radius 1 is 1.02 bits per heavy atom. The number of fused-ring (bicyclic) bond motifs is 3. The highest BCUT2D eigenvalue weighted by molar-refractivity contribution is 6.33. The average molecular weight is 561 g/mol. The van der Waals surface area contributed by atoms with Crippen molar-refractivity contribution in [3.63, 3.8) is 0 Å². The van der Waals surface area contributed by atoms with E-state index in [4.69, 9.17) is 5.73 Å². The van der Waals surface area contributed by atoms with Gasteiger partial charge in [-0.3, -0.25) is 33.7 Å². The van der Waals surface area contributed by atoms with Crippen LogP contribution in [0.2, 0.25) is 0 Å². The van der Waals surface area contributed by atoms with Gasteiger partial charge in [0.2, 0.25) is 5.91 Å². The summed E-state index contributed by atoms with van der Waals surface area (Å²) in [7, 11) is 2.84. The van der Waals surface area contributed by atoms with Crippen molar-refractivity contribution < 1.29 is 44.1 Å². The standard InChI is InChI=1S/C30H28N2O9/c1-12(33)14-7-4-6-13(10-14)11-16-15-8-5-9-17(34)18(15)24(35)20-19(16)25(36)22-23(32(2)3)26(37)21(29(31)40)28(39)30(22,41)27(20)38/h4-11,19-23,25,34,36,41H,1-3H3,(H2,31,40)/b16-11+. The third-order valence-electron chi connectivity index (χ3n) is 8.49. The Labute approximate surface area is 234 Å². The predicted octanol–water partition coefficient (Wildman–Crippen LogP) is 0.0385. The van der Waals surface area contributed by atoms with Crippen LogP contribution in [0.5, 0.6) is 5.75 Å². The molecular formula is C30H28N2O9. The van der Waals surface area contributed by atoms with Gasteiger partial charge in [0.15, 0.2) is 40.4 Å². The van der Waals surface area contributed by atoms with Crippen molar-refractivity contribution in [2.75, 3.05) is 14.1 Å². The van der Waals surface area contributed by atoms with E-state index in [-0.39, 0.29) is 22.5 Å². The fourth-order valence-electron chi connectivity index (χ4n) is 6.70. The number of aromatic hydroxyl groups is 1. The molecule has 0 spiro atoms. The number of amides is 1. The van der Waals surface area contributed by atoms with E-state index in [0.29, 0.717) is 11.1 Å². The lowest BCUT2D eigenvalue weighted by Gasteiger charge is -2.55. The van der Waals surface area contributed by atoms with E-state index in [1.54, 1.807) is 30.3 Å². The molecule has 1 amide bonds. The van der Waals surface area contributed by atoms with Crippen LogP contribution in [0.15, 0.2) is 42.5 Å². The smallest absolute Gasteiger partial charge is 0.235 e. The van der Waals surface area contributed by atoms with Gasteiger partial charge in [-0.25, -0.2) is 0 Å². The third-order valence-corrected chi connectivity index (χ3v) is 8.49. The largest absolute Gasteiger partial charge is 0.507 e. The maximum Gasteiger partial charge on any atom is 0.235 e. The minimum absolute atomic E-state index is 0.201. The number of benzene rings is 2. The molecule has 0 aliphatic heterocycles. The van der Waals surface area contributed by atoms with Gasteiger partial charge < -0.3 is 21.1 Å². The molecule has 41 heavy (non-hydrogen) atoms. The maximum atomic E-state index is 14.1. The Bertz CT molecular complexity index is 1590. The Morgan fingerprint density at radius 3 is 2.29 bits per heavy atom. The number of hydrogen-bond acceptors (Lipinski definition) is 10. The summed E-state index contributed by atoms with van der Waals surface area (Å²) in [5, 5.41) is 34.4. The summed E-state index contributed by atoms with van der Waals surface area (Å²) in [4.78, 5) is 80.3. The zero-order valence-corrected chi connectivity index (χ0v) is 22.4. The van der Waals surface area contributed by atoms with Gasteiger partial charge in [-0.2, -0.15) is 0 Å². The van der Waals surface area contributed by atoms with Crippen LogP contribution < -0.4 is 5.73 Å². The summed E-state index contributed by atoms with van der Waals surface area (Å²) in [6, 6.07) is 9.21. The number of likely N-dealkylation sites (N-methyl/N-ethyl adjacent to an activating group) is 1. The quantitative estimate of drug-likeness (QED) is 0.293. The van der Waals surface area contributed by atoms with E-state index >= 15 is 0 Å². The average Bonchev–Trinajstić information content (AvgIpc) is 2.90. The second kappa shape index (κ2) is 9.65. The number of phenolic OH excluding ortho intramolecular Hbond substituents is 1. The van der Waals surface area contributed by atoms with Gasteiger partial charge >= 0.3 is 0 Å². The first kappa shape index (κ1) is 28.2. The summed E-state index contributed by atoms with van der Waals surface area (Å²) in [5.41, 5.74) is 3.27. The first-order chi connectivity index (χ1) is 19.2. The van der Waals surface area contributed by atoms with Crippen molar-refractivity contribution in [1.82, 2.24) is 4.90 Å². The molecule has 0 bridgehead atoms. The molecule has 2 saturated carbocycles. The molecule has 212 valence electrons. The highest BCUT2D eigenvalue weighted by Crippen LogP contribution is 2.54. The molecule has 7 atom stereocenters. The van der Waals surface area contributed by atoms with E-state index in [2.05, 4.69) is 0 Å². The molecule has 0 saturated heterocycles. The van der Waals surface area contributed by atoms with Gasteiger partial charge in [-0.1, -0.05) is 36.4 Å². The second-order valence-corrected chi connectivity index (χ2v) is 11.0. The van der Waals surface area contributed by atoms with Crippen LogP contribution in [0.1, 0.15) is 38.8 Å². The van der Waals surface area contributed by atoms with Gasteiger partial charge in [-0.05, 0) is 49.9 Å². The Hall–Kier alpha value is -4.32. The molecule has 2 fully saturated rings. The molecule has 5 N–H and O–H groups in total. The van der Waals surface area contributed by atoms with E-state index in [0.717, 1.165) is 0 Å². The number of hydrogen-bond donors (Lipinski definition) is 4. The predicted molar refractivity (Wildman–Crippen MR) is 143 cm³/mol. The van der Waals surface area contributed by atoms with Crippen molar-refractivity contribution in [2.24, 2.45) is 29.4 Å². The number of nitrogens with two attached hydrogens (primary N) is 1. The van der Waals surface area contributed by atoms with E-state index in [1.807, 2.05) is 0 Å². The lowest BCUT2D eigenvalue weighted by atomic mass is 9.50. The van der Waals surface area contributed by atoms with E-state index < -0.39 is 76.2 Å². The Morgan fingerprint density at radius 2 is 1.68 bits per heavy atom. The number of carbonyl (C=O) groups excluding carboxylic acids is 6. The highest BCUT2D eigenvalue weighted by Gasteiger charge is 2.72. The lowest BCUT2D eigenvalue weighted by Crippen LogP contribution is -2.77. The first-order valence-electron chi connectivity index (χ1n) is 12.9. The number of ketones is 5. The van der Waals surface area contributed by atoms with Crippen LogP contribution in [-0.2, 0) is 19.2 Å². The van der Waals surface area contributed by atoms with Gasteiger partial charge in [-0.15, -0.1) is 0 Å². The number of aliphatic hydroxyl groups is 2. The monoisotopic (exact) mass is 560 g/mol. The molecule has 0 radical (unpaired) electrons. The van der Waals surface area contributed by atoms with Crippen LogP contribution in [0.25, 0.3) is 11.6 Å². The highest BCUT2D eigenvalue weighted by atomic mass is 16.3. The van der Waals surface area contributed by atoms with Gasteiger partial charge in [0.1, 0.15) is 5.75 Å². The van der Waals surface area contributed by atoms with Crippen molar-refractivity contribution in [3.05, 3.63) is 64.7 Å². The number of rotatable bonds is 4. The van der Waals surface area contributed by atoms with Crippen LogP contribution in [0, 0.1) is 23.7 Å². The van der Waals surface area contributed by atoms with Gasteiger partial charge in [0.05, 0.1) is 29.5 Å². The van der Waals surface area contributed by atoms with Crippen LogP contribution >= 0.6 is 0 Å².